The number of rotatable bonds is 5. The highest BCUT2D eigenvalue weighted by Crippen LogP contribution is 2.19. The molecule has 0 bridgehead atoms. The Balaban J connectivity index is 2.67. The normalized spacial score (nSPS) is 13.8. The van der Waals surface area contributed by atoms with Gasteiger partial charge in [0.2, 0.25) is 0 Å². The number of nitrogens with two attached hydrogens (primary N) is 1. The summed E-state index contributed by atoms with van der Waals surface area (Å²) in [4.78, 5) is 2.16. The van der Waals surface area contributed by atoms with Crippen LogP contribution in [0.15, 0.2) is 24.3 Å². The molecular weight excluding hydrogens is 212 g/mol. The van der Waals surface area contributed by atoms with Gasteiger partial charge in [0.15, 0.2) is 0 Å². The van der Waals surface area contributed by atoms with Gasteiger partial charge in [-0.2, -0.15) is 0 Å². The summed E-state index contributed by atoms with van der Waals surface area (Å²) in [5.41, 5.74) is 6.97. The van der Waals surface area contributed by atoms with E-state index < -0.39 is 0 Å². The summed E-state index contributed by atoms with van der Waals surface area (Å²) in [5.74, 6) is 0.884. The van der Waals surface area contributed by atoms with Gasteiger partial charge in [-0.3, -0.25) is 0 Å². The third-order valence-electron chi connectivity index (χ3n) is 3.19. The summed E-state index contributed by atoms with van der Waals surface area (Å²) >= 11 is 0. The molecule has 17 heavy (non-hydrogen) atoms. The molecule has 0 saturated heterocycles. The fourth-order valence-electron chi connectivity index (χ4n) is 1.28. The van der Waals surface area contributed by atoms with Gasteiger partial charge in [0.25, 0.3) is 0 Å². The average Bonchev–Trinajstić information content (AvgIpc) is 2.26. The maximum atomic E-state index is 5.85. The maximum absolute atomic E-state index is 5.85. The Morgan fingerprint density at radius 1 is 1.35 bits per heavy atom. The number of hydrogen-bond acceptors (Lipinski definition) is 3. The van der Waals surface area contributed by atoms with E-state index in [0.717, 1.165) is 11.3 Å². The fourth-order valence-corrected chi connectivity index (χ4v) is 1.28. The molecule has 0 aliphatic carbocycles. The molecular formula is C14H24N2O. The quantitative estimate of drug-likeness (QED) is 0.853. The largest absolute Gasteiger partial charge is 0.492 e. The summed E-state index contributed by atoms with van der Waals surface area (Å²) in [6, 6.07) is 8.03. The second kappa shape index (κ2) is 5.52. The molecule has 3 nitrogen and oxygen atoms in total. The molecule has 1 unspecified atom stereocenters. The molecule has 0 amide bonds. The van der Waals surface area contributed by atoms with Gasteiger partial charge in [0.05, 0.1) is 0 Å². The second-order valence-electron chi connectivity index (χ2n) is 5.36. The van der Waals surface area contributed by atoms with E-state index in [-0.39, 0.29) is 11.6 Å². The number of hydrogen-bond donors (Lipinski definition) is 1. The first-order chi connectivity index (χ1) is 7.83. The smallest absolute Gasteiger partial charge is 0.119 e. The van der Waals surface area contributed by atoms with Gasteiger partial charge in [-0.1, -0.05) is 12.1 Å². The molecule has 96 valence electrons. The molecule has 0 aliphatic rings. The second-order valence-corrected chi connectivity index (χ2v) is 5.36. The average molecular weight is 236 g/mol. The highest BCUT2D eigenvalue weighted by Gasteiger charge is 2.21. The zero-order valence-electron chi connectivity index (χ0n) is 11.5. The lowest BCUT2D eigenvalue weighted by Gasteiger charge is -2.32. The first-order valence-electron chi connectivity index (χ1n) is 5.99. The summed E-state index contributed by atoms with van der Waals surface area (Å²) in [7, 11) is 4.11. The monoisotopic (exact) mass is 236 g/mol. The van der Waals surface area contributed by atoms with Crippen LogP contribution in [-0.2, 0) is 0 Å². The Morgan fingerprint density at radius 3 is 2.53 bits per heavy atom. The van der Waals surface area contributed by atoms with Crippen LogP contribution in [0.4, 0.5) is 0 Å². The molecule has 1 rings (SSSR count). The molecule has 0 aliphatic heterocycles. The molecule has 2 N–H and O–H groups in total. The Bertz CT molecular complexity index is 359. The lowest BCUT2D eigenvalue weighted by Crippen LogP contribution is -2.43. The number of nitrogens with zero attached hydrogens (tertiary/aromatic N) is 1. The van der Waals surface area contributed by atoms with Gasteiger partial charge in [-0.05, 0) is 52.6 Å². The van der Waals surface area contributed by atoms with E-state index >= 15 is 0 Å². The maximum Gasteiger partial charge on any atom is 0.119 e. The van der Waals surface area contributed by atoms with Crippen LogP contribution >= 0.6 is 0 Å². The van der Waals surface area contributed by atoms with Crippen molar-refractivity contribution in [3.05, 3.63) is 29.8 Å². The minimum absolute atomic E-state index is 0.0182. The molecule has 3 heteroatoms. The van der Waals surface area contributed by atoms with E-state index in [1.165, 1.54) is 0 Å². The van der Waals surface area contributed by atoms with E-state index in [2.05, 4.69) is 32.8 Å². The Hall–Kier alpha value is -1.06. The van der Waals surface area contributed by atoms with Gasteiger partial charge < -0.3 is 15.4 Å². The van der Waals surface area contributed by atoms with Crippen LogP contribution in [0.2, 0.25) is 0 Å². The first-order valence-corrected chi connectivity index (χ1v) is 5.99. The van der Waals surface area contributed by atoms with Crippen molar-refractivity contribution >= 4 is 0 Å². The van der Waals surface area contributed by atoms with E-state index in [0.29, 0.717) is 6.61 Å². The van der Waals surface area contributed by atoms with Crippen molar-refractivity contribution in [1.82, 2.24) is 4.90 Å². The summed E-state index contributed by atoms with van der Waals surface area (Å²) in [6.07, 6.45) is 0. The first kappa shape index (κ1) is 14.0. The topological polar surface area (TPSA) is 38.5 Å². The summed E-state index contributed by atoms with van der Waals surface area (Å²) in [6.45, 7) is 6.94. The number of ether oxygens (including phenoxy) is 1. The Morgan fingerprint density at radius 2 is 2.00 bits per heavy atom. The van der Waals surface area contributed by atoms with Crippen LogP contribution in [0, 0.1) is 0 Å². The third kappa shape index (κ3) is 4.02. The molecule has 1 aromatic carbocycles. The minimum atomic E-state index is 0.0182. The number of likely N-dealkylation sites (N-methyl/N-ethyl adjacent to an activating group) is 1. The van der Waals surface area contributed by atoms with E-state index in [4.69, 9.17) is 10.5 Å². The van der Waals surface area contributed by atoms with E-state index in [9.17, 15) is 0 Å². The number of benzene rings is 1. The van der Waals surface area contributed by atoms with Gasteiger partial charge >= 0.3 is 0 Å². The Kier molecular flexibility index (Phi) is 4.54. The van der Waals surface area contributed by atoms with Gasteiger partial charge in [0.1, 0.15) is 12.4 Å². The molecule has 0 aromatic heterocycles. The highest BCUT2D eigenvalue weighted by atomic mass is 16.5. The van der Waals surface area contributed by atoms with Crippen LogP contribution in [0.5, 0.6) is 5.75 Å². The van der Waals surface area contributed by atoms with Crippen molar-refractivity contribution in [3.63, 3.8) is 0 Å². The molecule has 0 saturated carbocycles. The van der Waals surface area contributed by atoms with Crippen molar-refractivity contribution in [2.24, 2.45) is 5.73 Å². The van der Waals surface area contributed by atoms with Crippen LogP contribution in [-0.4, -0.2) is 31.1 Å². The van der Waals surface area contributed by atoms with Crippen LogP contribution in [0.1, 0.15) is 32.4 Å². The van der Waals surface area contributed by atoms with E-state index in [1.807, 2.05) is 31.2 Å². The minimum Gasteiger partial charge on any atom is -0.492 e. The predicted octanol–water partition coefficient (Wildman–Crippen LogP) is 2.43. The predicted molar refractivity (Wildman–Crippen MR) is 72.3 cm³/mol. The van der Waals surface area contributed by atoms with Crippen molar-refractivity contribution in [1.29, 1.82) is 0 Å². The molecule has 0 spiro atoms. The third-order valence-corrected chi connectivity index (χ3v) is 3.19. The van der Waals surface area contributed by atoms with Crippen molar-refractivity contribution in [3.8, 4) is 5.75 Å². The van der Waals surface area contributed by atoms with E-state index in [1.54, 1.807) is 0 Å². The van der Waals surface area contributed by atoms with Gasteiger partial charge in [0, 0.05) is 11.6 Å². The Labute approximate surface area is 105 Å². The van der Waals surface area contributed by atoms with Gasteiger partial charge in [-0.25, -0.2) is 0 Å². The summed E-state index contributed by atoms with van der Waals surface area (Å²) < 4.78 is 5.83. The summed E-state index contributed by atoms with van der Waals surface area (Å²) in [5, 5.41) is 0. The van der Waals surface area contributed by atoms with Crippen molar-refractivity contribution in [2.45, 2.75) is 32.4 Å². The standard InChI is InChI=1S/C14H24N2O/c1-11(15)12-7-6-8-13(9-12)17-10-14(2,3)16(4)5/h6-9,11H,10,15H2,1-5H3. The molecule has 1 aromatic rings. The lowest BCUT2D eigenvalue weighted by molar-refractivity contribution is 0.114. The van der Waals surface area contributed by atoms with Crippen LogP contribution in [0.3, 0.4) is 0 Å². The van der Waals surface area contributed by atoms with Gasteiger partial charge in [-0.15, -0.1) is 0 Å². The highest BCUT2D eigenvalue weighted by molar-refractivity contribution is 5.30. The fraction of sp³-hybridized carbons (Fsp3) is 0.571. The SMILES string of the molecule is CC(N)c1cccc(OCC(C)(C)N(C)C)c1. The zero-order chi connectivity index (χ0) is 13.1. The molecule has 0 heterocycles. The zero-order valence-corrected chi connectivity index (χ0v) is 11.5. The molecule has 0 radical (unpaired) electrons. The van der Waals surface area contributed by atoms with Crippen molar-refractivity contribution in [2.75, 3.05) is 20.7 Å². The van der Waals surface area contributed by atoms with Crippen LogP contribution in [0.25, 0.3) is 0 Å². The molecule has 0 fully saturated rings. The molecule has 1 atom stereocenters. The van der Waals surface area contributed by atoms with Crippen LogP contribution < -0.4 is 10.5 Å². The lowest BCUT2D eigenvalue weighted by atomic mass is 10.1. The van der Waals surface area contributed by atoms with Crippen molar-refractivity contribution < 1.29 is 4.74 Å².